The summed E-state index contributed by atoms with van der Waals surface area (Å²) >= 11 is 12.3. The number of aromatic nitrogens is 2. The molecule has 0 fully saturated rings. The van der Waals surface area contributed by atoms with Gasteiger partial charge in [0.25, 0.3) is 5.91 Å². The van der Waals surface area contributed by atoms with E-state index in [9.17, 15) is 9.59 Å². The molecule has 0 unspecified atom stereocenters. The number of esters is 1. The number of halogens is 2. The molecule has 1 aromatic carbocycles. The molecule has 1 aromatic heterocycles. The van der Waals surface area contributed by atoms with Crippen LogP contribution in [0.5, 0.6) is 0 Å². The first-order chi connectivity index (χ1) is 12.3. The topological polar surface area (TPSA) is 73.2 Å². The van der Waals surface area contributed by atoms with E-state index in [1.54, 1.807) is 35.9 Å². The van der Waals surface area contributed by atoms with Gasteiger partial charge in [0.15, 0.2) is 6.10 Å². The molecule has 0 saturated heterocycles. The van der Waals surface area contributed by atoms with E-state index in [1.165, 1.54) is 6.92 Å². The summed E-state index contributed by atoms with van der Waals surface area (Å²) in [6.07, 6.45) is 0.855. The van der Waals surface area contributed by atoms with Gasteiger partial charge in [0.05, 0.1) is 16.4 Å². The van der Waals surface area contributed by atoms with E-state index in [0.717, 1.165) is 12.8 Å². The van der Waals surface area contributed by atoms with Gasteiger partial charge in [-0.2, -0.15) is 5.10 Å². The Morgan fingerprint density at radius 3 is 2.65 bits per heavy atom. The maximum absolute atomic E-state index is 12.4. The second kappa shape index (κ2) is 9.05. The number of amides is 1. The Morgan fingerprint density at radius 1 is 1.31 bits per heavy atom. The van der Waals surface area contributed by atoms with Crippen LogP contribution in [0.4, 0.5) is 5.69 Å². The first-order valence-corrected chi connectivity index (χ1v) is 9.10. The van der Waals surface area contributed by atoms with E-state index in [0.29, 0.717) is 22.9 Å². The Kier molecular flexibility index (Phi) is 7.06. The Labute approximate surface area is 162 Å². The van der Waals surface area contributed by atoms with Crippen molar-refractivity contribution in [3.05, 3.63) is 45.7 Å². The number of ether oxygens (including phenoxy) is 1. The molecule has 0 aliphatic carbocycles. The maximum atomic E-state index is 12.4. The minimum atomic E-state index is -1.02. The molecule has 0 aliphatic rings. The fourth-order valence-corrected chi connectivity index (χ4v) is 2.83. The van der Waals surface area contributed by atoms with E-state index in [4.69, 9.17) is 27.9 Å². The number of anilines is 1. The standard InChI is InChI=1S/C18H21Cl2N3O3/c1-4-5-10-23-16(20)15(11(2)22-23)18(25)26-12(3)17(24)21-14-9-7-6-8-13(14)19/h6-9,12H,4-5,10H2,1-3H3,(H,21,24)/t12-/m1/s1. The first-order valence-electron chi connectivity index (χ1n) is 8.34. The monoisotopic (exact) mass is 397 g/mol. The zero-order chi connectivity index (χ0) is 19.3. The van der Waals surface area contributed by atoms with Crippen LogP contribution in [0.15, 0.2) is 24.3 Å². The van der Waals surface area contributed by atoms with E-state index in [2.05, 4.69) is 17.3 Å². The lowest BCUT2D eigenvalue weighted by Crippen LogP contribution is -2.30. The number of benzene rings is 1. The molecule has 0 saturated carbocycles. The molecule has 1 atom stereocenters. The number of carbonyl (C=O) groups is 2. The van der Waals surface area contributed by atoms with Gasteiger partial charge in [0.2, 0.25) is 0 Å². The molecule has 140 valence electrons. The third-order valence-corrected chi connectivity index (χ3v) is 4.49. The molecule has 26 heavy (non-hydrogen) atoms. The van der Waals surface area contributed by atoms with Crippen LogP contribution >= 0.6 is 23.2 Å². The second-order valence-electron chi connectivity index (χ2n) is 5.84. The molecular formula is C18H21Cl2N3O3. The molecule has 2 rings (SSSR count). The lowest BCUT2D eigenvalue weighted by Gasteiger charge is -2.14. The highest BCUT2D eigenvalue weighted by Gasteiger charge is 2.25. The highest BCUT2D eigenvalue weighted by atomic mass is 35.5. The van der Waals surface area contributed by atoms with Gasteiger partial charge in [-0.1, -0.05) is 48.7 Å². The third kappa shape index (κ3) is 4.77. The average molecular weight is 398 g/mol. The summed E-state index contributed by atoms with van der Waals surface area (Å²) in [5, 5.41) is 7.51. The van der Waals surface area contributed by atoms with Gasteiger partial charge >= 0.3 is 5.97 Å². The zero-order valence-corrected chi connectivity index (χ0v) is 16.4. The van der Waals surface area contributed by atoms with Crippen LogP contribution in [0.3, 0.4) is 0 Å². The number of rotatable bonds is 7. The van der Waals surface area contributed by atoms with Crippen molar-refractivity contribution in [3.63, 3.8) is 0 Å². The lowest BCUT2D eigenvalue weighted by molar-refractivity contribution is -0.123. The molecule has 8 heteroatoms. The fraction of sp³-hybridized carbons (Fsp3) is 0.389. The first kappa shape index (κ1) is 20.3. The minimum Gasteiger partial charge on any atom is -0.449 e. The number of hydrogen-bond acceptors (Lipinski definition) is 4. The van der Waals surface area contributed by atoms with Crippen molar-refractivity contribution in [1.29, 1.82) is 0 Å². The summed E-state index contributed by atoms with van der Waals surface area (Å²) in [4.78, 5) is 24.7. The van der Waals surface area contributed by atoms with Crippen molar-refractivity contribution in [1.82, 2.24) is 9.78 Å². The van der Waals surface area contributed by atoms with Crippen molar-refractivity contribution in [2.45, 2.75) is 46.3 Å². The van der Waals surface area contributed by atoms with E-state index >= 15 is 0 Å². The Morgan fingerprint density at radius 2 is 2.00 bits per heavy atom. The van der Waals surface area contributed by atoms with Crippen molar-refractivity contribution in [3.8, 4) is 0 Å². The predicted octanol–water partition coefficient (Wildman–Crippen LogP) is 4.48. The number of unbranched alkanes of at least 4 members (excludes halogenated alkanes) is 1. The van der Waals surface area contributed by atoms with Gasteiger partial charge in [-0.3, -0.25) is 9.48 Å². The quantitative estimate of drug-likeness (QED) is 0.698. The minimum absolute atomic E-state index is 0.181. The van der Waals surface area contributed by atoms with Gasteiger partial charge in [0.1, 0.15) is 10.7 Å². The molecule has 1 heterocycles. The van der Waals surface area contributed by atoms with Crippen LogP contribution in [0.25, 0.3) is 0 Å². The Balaban J connectivity index is 2.06. The van der Waals surface area contributed by atoms with Crippen LogP contribution < -0.4 is 5.32 Å². The van der Waals surface area contributed by atoms with Crippen LogP contribution in [0.2, 0.25) is 10.2 Å². The number of carbonyl (C=O) groups excluding carboxylic acids is 2. The number of nitrogens with one attached hydrogen (secondary N) is 1. The van der Waals surface area contributed by atoms with Crippen LogP contribution in [-0.4, -0.2) is 27.8 Å². The number of hydrogen-bond donors (Lipinski definition) is 1. The molecule has 2 aromatic rings. The van der Waals surface area contributed by atoms with Crippen molar-refractivity contribution >= 4 is 40.8 Å². The molecule has 0 aliphatic heterocycles. The molecule has 1 amide bonds. The number of nitrogens with zero attached hydrogens (tertiary/aromatic N) is 2. The third-order valence-electron chi connectivity index (χ3n) is 3.78. The van der Waals surface area contributed by atoms with Crippen LogP contribution in [0, 0.1) is 6.92 Å². The predicted molar refractivity (Wildman–Crippen MR) is 102 cm³/mol. The number of para-hydroxylation sites is 1. The normalized spacial score (nSPS) is 11.9. The van der Waals surface area contributed by atoms with Crippen LogP contribution in [0.1, 0.15) is 42.7 Å². The van der Waals surface area contributed by atoms with Crippen molar-refractivity contribution in [2.24, 2.45) is 0 Å². The molecule has 6 nitrogen and oxygen atoms in total. The zero-order valence-electron chi connectivity index (χ0n) is 14.9. The summed E-state index contributed by atoms with van der Waals surface area (Å²) in [6.45, 7) is 5.83. The van der Waals surface area contributed by atoms with Gasteiger partial charge < -0.3 is 10.1 Å². The van der Waals surface area contributed by atoms with E-state index in [1.807, 2.05) is 0 Å². The Bertz CT molecular complexity index is 805. The summed E-state index contributed by atoms with van der Waals surface area (Å²) < 4.78 is 6.83. The molecular weight excluding hydrogens is 377 g/mol. The number of aryl methyl sites for hydroxylation is 2. The maximum Gasteiger partial charge on any atom is 0.343 e. The van der Waals surface area contributed by atoms with Crippen molar-refractivity contribution < 1.29 is 14.3 Å². The largest absolute Gasteiger partial charge is 0.449 e. The average Bonchev–Trinajstić information content (AvgIpc) is 2.88. The summed E-state index contributed by atoms with van der Waals surface area (Å²) in [7, 11) is 0. The summed E-state index contributed by atoms with van der Waals surface area (Å²) in [6, 6.07) is 6.81. The summed E-state index contributed by atoms with van der Waals surface area (Å²) in [5.74, 6) is -1.17. The highest BCUT2D eigenvalue weighted by Crippen LogP contribution is 2.23. The van der Waals surface area contributed by atoms with Gasteiger partial charge in [-0.05, 0) is 32.4 Å². The van der Waals surface area contributed by atoms with Gasteiger partial charge in [0, 0.05) is 6.54 Å². The van der Waals surface area contributed by atoms with Gasteiger partial charge in [-0.15, -0.1) is 0 Å². The highest BCUT2D eigenvalue weighted by molar-refractivity contribution is 6.34. The second-order valence-corrected chi connectivity index (χ2v) is 6.61. The Hall–Kier alpha value is -2.05. The lowest BCUT2D eigenvalue weighted by atomic mass is 10.2. The van der Waals surface area contributed by atoms with Crippen molar-refractivity contribution in [2.75, 3.05) is 5.32 Å². The smallest absolute Gasteiger partial charge is 0.343 e. The van der Waals surface area contributed by atoms with E-state index < -0.39 is 18.0 Å². The molecule has 0 bridgehead atoms. The molecule has 0 spiro atoms. The SMILES string of the molecule is CCCCn1nc(C)c(C(=O)O[C@H](C)C(=O)Nc2ccccc2Cl)c1Cl. The van der Waals surface area contributed by atoms with Crippen LogP contribution in [-0.2, 0) is 16.1 Å². The molecule has 1 N–H and O–H groups in total. The molecule has 0 radical (unpaired) electrons. The fourth-order valence-electron chi connectivity index (χ4n) is 2.31. The summed E-state index contributed by atoms with van der Waals surface area (Å²) in [5.41, 5.74) is 1.10. The van der Waals surface area contributed by atoms with Gasteiger partial charge in [-0.25, -0.2) is 4.79 Å². The van der Waals surface area contributed by atoms with E-state index in [-0.39, 0.29) is 10.7 Å².